The van der Waals surface area contributed by atoms with Crippen LogP contribution >= 0.6 is 0 Å². The van der Waals surface area contributed by atoms with E-state index in [9.17, 15) is 5.11 Å². The normalized spacial score (nSPS) is 22.9. The van der Waals surface area contributed by atoms with Crippen molar-refractivity contribution in [3.63, 3.8) is 0 Å². The van der Waals surface area contributed by atoms with Crippen LogP contribution in [0.3, 0.4) is 0 Å². The standard InChI is InChI=1S/C18H20O2/c19-16-11-12-20-17(13-16)18(14-7-3-1-4-8-14)15-9-5-2-6-10-15/h1-10,16-19H,11-13H2/t16?,17-/m0/s1. The topological polar surface area (TPSA) is 29.5 Å². The van der Waals surface area contributed by atoms with E-state index in [4.69, 9.17) is 4.74 Å². The smallest absolute Gasteiger partial charge is 0.0708 e. The summed E-state index contributed by atoms with van der Waals surface area (Å²) in [5, 5.41) is 9.94. The van der Waals surface area contributed by atoms with Crippen molar-refractivity contribution in [3.05, 3.63) is 71.8 Å². The third kappa shape index (κ3) is 2.92. The van der Waals surface area contributed by atoms with Crippen LogP contribution in [-0.2, 0) is 4.74 Å². The average molecular weight is 268 g/mol. The molecular weight excluding hydrogens is 248 g/mol. The Bertz CT molecular complexity index is 484. The molecule has 1 N–H and O–H groups in total. The van der Waals surface area contributed by atoms with Gasteiger partial charge in [0.2, 0.25) is 0 Å². The van der Waals surface area contributed by atoms with E-state index in [0.29, 0.717) is 13.0 Å². The molecule has 0 aliphatic carbocycles. The average Bonchev–Trinajstić information content (AvgIpc) is 2.50. The van der Waals surface area contributed by atoms with Gasteiger partial charge in [0.25, 0.3) is 0 Å². The first-order chi connectivity index (χ1) is 9.84. The van der Waals surface area contributed by atoms with Gasteiger partial charge in [-0.25, -0.2) is 0 Å². The SMILES string of the molecule is OC1CCO[C@H](C(c2ccccc2)c2ccccc2)C1. The highest BCUT2D eigenvalue weighted by Gasteiger charge is 2.30. The van der Waals surface area contributed by atoms with Gasteiger partial charge >= 0.3 is 0 Å². The van der Waals surface area contributed by atoms with Crippen LogP contribution in [0, 0.1) is 0 Å². The highest BCUT2D eigenvalue weighted by atomic mass is 16.5. The van der Waals surface area contributed by atoms with Gasteiger partial charge in [-0.1, -0.05) is 60.7 Å². The third-order valence-electron chi connectivity index (χ3n) is 3.98. The second-order valence-electron chi connectivity index (χ2n) is 5.39. The molecule has 3 rings (SSSR count). The minimum absolute atomic E-state index is 0.0450. The van der Waals surface area contributed by atoms with Crippen LogP contribution in [0.15, 0.2) is 60.7 Å². The molecule has 0 radical (unpaired) electrons. The Balaban J connectivity index is 1.95. The quantitative estimate of drug-likeness (QED) is 0.925. The molecule has 1 unspecified atom stereocenters. The lowest BCUT2D eigenvalue weighted by Gasteiger charge is -2.33. The highest BCUT2D eigenvalue weighted by molar-refractivity contribution is 5.34. The van der Waals surface area contributed by atoms with Crippen LogP contribution in [0.2, 0.25) is 0 Å². The maximum atomic E-state index is 9.94. The van der Waals surface area contributed by atoms with Crippen LogP contribution < -0.4 is 0 Å². The van der Waals surface area contributed by atoms with E-state index in [2.05, 4.69) is 48.5 Å². The monoisotopic (exact) mass is 268 g/mol. The summed E-state index contributed by atoms with van der Waals surface area (Å²) in [6.07, 6.45) is 1.24. The van der Waals surface area contributed by atoms with Gasteiger partial charge in [0.1, 0.15) is 0 Å². The summed E-state index contributed by atoms with van der Waals surface area (Å²) >= 11 is 0. The van der Waals surface area contributed by atoms with E-state index in [-0.39, 0.29) is 18.1 Å². The maximum Gasteiger partial charge on any atom is 0.0708 e. The van der Waals surface area contributed by atoms with Gasteiger partial charge in [-0.3, -0.25) is 0 Å². The first-order valence-electron chi connectivity index (χ1n) is 7.24. The lowest BCUT2D eigenvalue weighted by molar-refractivity contribution is -0.0496. The molecule has 2 nitrogen and oxygen atoms in total. The van der Waals surface area contributed by atoms with Gasteiger partial charge in [0.05, 0.1) is 12.2 Å². The number of hydrogen-bond acceptors (Lipinski definition) is 2. The molecule has 2 atom stereocenters. The molecule has 0 aromatic heterocycles. The Morgan fingerprint density at radius 2 is 1.45 bits per heavy atom. The fraction of sp³-hybridized carbons (Fsp3) is 0.333. The van der Waals surface area contributed by atoms with E-state index < -0.39 is 0 Å². The summed E-state index contributed by atoms with van der Waals surface area (Å²) < 4.78 is 5.96. The molecule has 2 aromatic rings. The molecule has 0 bridgehead atoms. The minimum Gasteiger partial charge on any atom is -0.393 e. The number of aliphatic hydroxyl groups is 1. The molecule has 1 aliphatic rings. The van der Waals surface area contributed by atoms with Crippen LogP contribution in [0.4, 0.5) is 0 Å². The van der Waals surface area contributed by atoms with Gasteiger partial charge in [-0.2, -0.15) is 0 Å². The van der Waals surface area contributed by atoms with E-state index in [1.807, 2.05) is 12.1 Å². The van der Waals surface area contributed by atoms with Gasteiger partial charge in [0, 0.05) is 18.9 Å². The summed E-state index contributed by atoms with van der Waals surface area (Å²) in [6, 6.07) is 20.9. The number of hydrogen-bond donors (Lipinski definition) is 1. The lowest BCUT2D eigenvalue weighted by Crippen LogP contribution is -2.34. The predicted molar refractivity (Wildman–Crippen MR) is 79.7 cm³/mol. The van der Waals surface area contributed by atoms with Crippen LogP contribution in [0.25, 0.3) is 0 Å². The van der Waals surface area contributed by atoms with Crippen molar-refractivity contribution in [3.8, 4) is 0 Å². The predicted octanol–water partition coefficient (Wildman–Crippen LogP) is 3.36. The van der Waals surface area contributed by atoms with Gasteiger partial charge in [-0.05, 0) is 17.5 Å². The number of benzene rings is 2. The first kappa shape index (κ1) is 13.3. The Morgan fingerprint density at radius 3 is 1.95 bits per heavy atom. The zero-order valence-corrected chi connectivity index (χ0v) is 11.5. The van der Waals surface area contributed by atoms with Crippen molar-refractivity contribution in [2.45, 2.75) is 31.0 Å². The molecule has 20 heavy (non-hydrogen) atoms. The van der Waals surface area contributed by atoms with Gasteiger partial charge in [-0.15, -0.1) is 0 Å². The van der Waals surface area contributed by atoms with Gasteiger partial charge < -0.3 is 9.84 Å². The third-order valence-corrected chi connectivity index (χ3v) is 3.98. The molecule has 0 amide bonds. The fourth-order valence-electron chi connectivity index (χ4n) is 2.98. The van der Waals surface area contributed by atoms with Crippen LogP contribution in [0.1, 0.15) is 29.9 Å². The molecule has 1 saturated heterocycles. The molecule has 1 heterocycles. The van der Waals surface area contributed by atoms with Crippen molar-refractivity contribution >= 4 is 0 Å². The Kier molecular flexibility index (Phi) is 4.14. The molecule has 0 spiro atoms. The molecule has 1 aliphatic heterocycles. The van der Waals surface area contributed by atoms with Crippen molar-refractivity contribution < 1.29 is 9.84 Å². The second kappa shape index (κ2) is 6.21. The molecular formula is C18H20O2. The highest BCUT2D eigenvalue weighted by Crippen LogP contribution is 2.34. The number of ether oxygens (including phenoxy) is 1. The second-order valence-corrected chi connectivity index (χ2v) is 5.39. The van der Waals surface area contributed by atoms with E-state index in [0.717, 1.165) is 6.42 Å². The van der Waals surface area contributed by atoms with Crippen molar-refractivity contribution in [1.82, 2.24) is 0 Å². The van der Waals surface area contributed by atoms with E-state index >= 15 is 0 Å². The largest absolute Gasteiger partial charge is 0.393 e. The summed E-state index contributed by atoms with van der Waals surface area (Å²) in [5.74, 6) is 0.187. The fourth-order valence-corrected chi connectivity index (χ4v) is 2.98. The van der Waals surface area contributed by atoms with Crippen molar-refractivity contribution in [2.75, 3.05) is 6.61 Å². The molecule has 0 saturated carbocycles. The molecule has 2 aromatic carbocycles. The molecule has 1 fully saturated rings. The first-order valence-corrected chi connectivity index (χ1v) is 7.24. The summed E-state index contributed by atoms with van der Waals surface area (Å²) in [6.45, 7) is 0.641. The lowest BCUT2D eigenvalue weighted by atomic mass is 9.83. The Morgan fingerprint density at radius 1 is 0.900 bits per heavy atom. The summed E-state index contributed by atoms with van der Waals surface area (Å²) in [4.78, 5) is 0. The zero-order chi connectivity index (χ0) is 13.8. The summed E-state index contributed by atoms with van der Waals surface area (Å²) in [7, 11) is 0. The number of rotatable bonds is 3. The summed E-state index contributed by atoms with van der Waals surface area (Å²) in [5.41, 5.74) is 2.50. The Labute approximate surface area is 120 Å². The van der Waals surface area contributed by atoms with E-state index in [1.54, 1.807) is 0 Å². The Hall–Kier alpha value is -1.64. The van der Waals surface area contributed by atoms with Crippen molar-refractivity contribution in [2.24, 2.45) is 0 Å². The van der Waals surface area contributed by atoms with E-state index in [1.165, 1.54) is 11.1 Å². The van der Waals surface area contributed by atoms with Crippen LogP contribution in [0.5, 0.6) is 0 Å². The zero-order valence-electron chi connectivity index (χ0n) is 11.5. The van der Waals surface area contributed by atoms with Crippen LogP contribution in [-0.4, -0.2) is 23.9 Å². The number of aliphatic hydroxyl groups excluding tert-OH is 1. The van der Waals surface area contributed by atoms with Crippen molar-refractivity contribution in [1.29, 1.82) is 0 Å². The maximum absolute atomic E-state index is 9.94. The molecule has 104 valence electrons. The minimum atomic E-state index is -0.247. The molecule has 2 heteroatoms. The van der Waals surface area contributed by atoms with Gasteiger partial charge in [0.15, 0.2) is 0 Å².